The van der Waals surface area contributed by atoms with Gasteiger partial charge >= 0.3 is 0 Å². The third kappa shape index (κ3) is 4.40. The molecule has 0 spiro atoms. The van der Waals surface area contributed by atoms with E-state index in [-0.39, 0.29) is 17.2 Å². The van der Waals surface area contributed by atoms with Gasteiger partial charge in [0.1, 0.15) is 0 Å². The fraction of sp³-hybridized carbons (Fsp3) is 0.227. The monoisotopic (exact) mass is 396 g/mol. The van der Waals surface area contributed by atoms with Crippen LogP contribution in [0.5, 0.6) is 0 Å². The standard InChI is InChI=1S/C22H24N2O3S/c1-3-24(4-2)28(26,27)21-11-7-10-20(16-21)23-22(25)15-17-12-13-18-8-5-6-9-19(18)14-17/h5-14,16H,3-4,15H2,1-2H3,(H,23,25). The van der Waals surface area contributed by atoms with Crippen molar-refractivity contribution in [2.45, 2.75) is 25.2 Å². The molecular formula is C22H24N2O3S. The molecule has 0 radical (unpaired) electrons. The summed E-state index contributed by atoms with van der Waals surface area (Å²) < 4.78 is 26.7. The quantitative estimate of drug-likeness (QED) is 0.655. The summed E-state index contributed by atoms with van der Waals surface area (Å²) in [5.74, 6) is -0.187. The van der Waals surface area contributed by atoms with Crippen molar-refractivity contribution in [1.29, 1.82) is 0 Å². The number of nitrogens with one attached hydrogen (secondary N) is 1. The Morgan fingerprint density at radius 1 is 0.893 bits per heavy atom. The molecule has 0 aliphatic carbocycles. The summed E-state index contributed by atoms with van der Waals surface area (Å²) >= 11 is 0. The number of anilines is 1. The second kappa shape index (κ2) is 8.54. The number of fused-ring (bicyclic) bond motifs is 1. The van der Waals surface area contributed by atoms with Gasteiger partial charge in [0.25, 0.3) is 0 Å². The summed E-state index contributed by atoms with van der Waals surface area (Å²) in [4.78, 5) is 12.6. The average molecular weight is 397 g/mol. The molecule has 146 valence electrons. The van der Waals surface area contributed by atoms with E-state index in [2.05, 4.69) is 5.32 Å². The van der Waals surface area contributed by atoms with Crippen LogP contribution in [0.1, 0.15) is 19.4 Å². The number of carbonyl (C=O) groups is 1. The highest BCUT2D eigenvalue weighted by molar-refractivity contribution is 7.89. The normalized spacial score (nSPS) is 11.7. The number of hydrogen-bond acceptors (Lipinski definition) is 3. The Morgan fingerprint density at radius 2 is 1.61 bits per heavy atom. The summed E-state index contributed by atoms with van der Waals surface area (Å²) in [5, 5.41) is 5.01. The van der Waals surface area contributed by atoms with Crippen LogP contribution in [0, 0.1) is 0 Å². The lowest BCUT2D eigenvalue weighted by Crippen LogP contribution is -2.30. The van der Waals surface area contributed by atoms with Crippen molar-refractivity contribution in [3.63, 3.8) is 0 Å². The molecule has 3 aromatic carbocycles. The molecule has 0 heterocycles. The molecule has 3 aromatic rings. The van der Waals surface area contributed by atoms with Gasteiger partial charge in [-0.15, -0.1) is 0 Å². The molecule has 28 heavy (non-hydrogen) atoms. The third-order valence-corrected chi connectivity index (χ3v) is 6.69. The van der Waals surface area contributed by atoms with E-state index in [0.29, 0.717) is 18.8 Å². The molecular weight excluding hydrogens is 372 g/mol. The Hall–Kier alpha value is -2.70. The minimum atomic E-state index is -3.56. The van der Waals surface area contributed by atoms with Crippen molar-refractivity contribution in [3.05, 3.63) is 72.3 Å². The van der Waals surface area contributed by atoms with Crippen LogP contribution in [0.2, 0.25) is 0 Å². The third-order valence-electron chi connectivity index (χ3n) is 4.64. The van der Waals surface area contributed by atoms with Gasteiger partial charge in [-0.3, -0.25) is 4.79 Å². The lowest BCUT2D eigenvalue weighted by Gasteiger charge is -2.18. The van der Waals surface area contributed by atoms with Gasteiger partial charge in [-0.1, -0.05) is 62.4 Å². The zero-order chi connectivity index (χ0) is 20.1. The Labute approximate surface area is 166 Å². The smallest absolute Gasteiger partial charge is 0.243 e. The summed E-state index contributed by atoms with van der Waals surface area (Å²) in [6.07, 6.45) is 0.220. The van der Waals surface area contributed by atoms with Crippen molar-refractivity contribution in [2.75, 3.05) is 18.4 Å². The Bertz CT molecular complexity index is 1090. The number of nitrogens with zero attached hydrogens (tertiary/aromatic N) is 1. The molecule has 0 fully saturated rings. The first-order chi connectivity index (χ1) is 13.4. The van der Waals surface area contributed by atoms with E-state index in [4.69, 9.17) is 0 Å². The van der Waals surface area contributed by atoms with Crippen LogP contribution in [-0.4, -0.2) is 31.7 Å². The highest BCUT2D eigenvalue weighted by Gasteiger charge is 2.21. The second-order valence-electron chi connectivity index (χ2n) is 6.52. The van der Waals surface area contributed by atoms with E-state index in [1.165, 1.54) is 10.4 Å². The van der Waals surface area contributed by atoms with Crippen LogP contribution in [-0.2, 0) is 21.2 Å². The maximum atomic E-state index is 12.7. The van der Waals surface area contributed by atoms with Crippen molar-refractivity contribution < 1.29 is 13.2 Å². The first kappa shape index (κ1) is 20.0. The van der Waals surface area contributed by atoms with Gasteiger partial charge in [0.05, 0.1) is 11.3 Å². The van der Waals surface area contributed by atoms with E-state index in [1.54, 1.807) is 32.0 Å². The van der Waals surface area contributed by atoms with E-state index in [1.807, 2.05) is 42.5 Å². The van der Waals surface area contributed by atoms with E-state index >= 15 is 0 Å². The largest absolute Gasteiger partial charge is 0.326 e. The molecule has 1 N–H and O–H groups in total. The van der Waals surface area contributed by atoms with E-state index in [9.17, 15) is 13.2 Å². The van der Waals surface area contributed by atoms with Gasteiger partial charge in [0.15, 0.2) is 0 Å². The van der Waals surface area contributed by atoms with Gasteiger partial charge in [-0.2, -0.15) is 4.31 Å². The number of rotatable bonds is 7. The van der Waals surface area contributed by atoms with Crippen molar-refractivity contribution in [1.82, 2.24) is 4.31 Å². The maximum Gasteiger partial charge on any atom is 0.243 e. The van der Waals surface area contributed by atoms with Crippen molar-refractivity contribution in [3.8, 4) is 0 Å². The molecule has 0 saturated heterocycles. The Morgan fingerprint density at radius 3 is 2.32 bits per heavy atom. The topological polar surface area (TPSA) is 66.5 Å². The fourth-order valence-corrected chi connectivity index (χ4v) is 4.69. The highest BCUT2D eigenvalue weighted by atomic mass is 32.2. The van der Waals surface area contributed by atoms with Gasteiger partial charge < -0.3 is 5.32 Å². The van der Waals surface area contributed by atoms with E-state index < -0.39 is 10.0 Å². The minimum absolute atomic E-state index is 0.180. The SMILES string of the molecule is CCN(CC)S(=O)(=O)c1cccc(NC(=O)Cc2ccc3ccccc3c2)c1. The maximum absolute atomic E-state index is 12.7. The van der Waals surface area contributed by atoms with Crippen LogP contribution < -0.4 is 5.32 Å². The number of sulfonamides is 1. The molecule has 1 amide bonds. The van der Waals surface area contributed by atoms with E-state index in [0.717, 1.165) is 16.3 Å². The fourth-order valence-electron chi connectivity index (χ4n) is 3.19. The Kier molecular flexibility index (Phi) is 6.11. The first-order valence-corrected chi connectivity index (χ1v) is 10.8. The Balaban J connectivity index is 1.75. The first-order valence-electron chi connectivity index (χ1n) is 9.31. The summed E-state index contributed by atoms with van der Waals surface area (Å²) in [6, 6.07) is 20.3. The molecule has 0 unspecified atom stereocenters. The van der Waals surface area contributed by atoms with Crippen LogP contribution in [0.3, 0.4) is 0 Å². The number of benzene rings is 3. The minimum Gasteiger partial charge on any atom is -0.326 e. The van der Waals surface area contributed by atoms with Crippen molar-refractivity contribution in [2.24, 2.45) is 0 Å². The lowest BCUT2D eigenvalue weighted by molar-refractivity contribution is -0.115. The molecule has 0 aliphatic rings. The van der Waals surface area contributed by atoms with Crippen molar-refractivity contribution >= 4 is 32.4 Å². The molecule has 5 nitrogen and oxygen atoms in total. The average Bonchev–Trinajstić information content (AvgIpc) is 2.68. The van der Waals surface area contributed by atoms with Gasteiger partial charge in [-0.25, -0.2) is 8.42 Å². The highest BCUT2D eigenvalue weighted by Crippen LogP contribution is 2.20. The molecule has 0 aliphatic heterocycles. The number of hydrogen-bond donors (Lipinski definition) is 1. The van der Waals surface area contributed by atoms with Gasteiger partial charge in [0.2, 0.25) is 15.9 Å². The zero-order valence-electron chi connectivity index (χ0n) is 16.1. The number of carbonyl (C=O) groups excluding carboxylic acids is 1. The summed E-state index contributed by atoms with van der Waals surface area (Å²) in [7, 11) is -3.56. The summed E-state index contributed by atoms with van der Waals surface area (Å²) in [6.45, 7) is 4.40. The zero-order valence-corrected chi connectivity index (χ0v) is 16.9. The molecule has 0 bridgehead atoms. The lowest BCUT2D eigenvalue weighted by atomic mass is 10.0. The van der Waals surface area contributed by atoms with Crippen LogP contribution in [0.4, 0.5) is 5.69 Å². The van der Waals surface area contributed by atoms with Crippen LogP contribution in [0.15, 0.2) is 71.6 Å². The van der Waals surface area contributed by atoms with Gasteiger partial charge in [0, 0.05) is 18.8 Å². The molecule has 0 aromatic heterocycles. The molecule has 0 atom stereocenters. The van der Waals surface area contributed by atoms with Crippen LogP contribution >= 0.6 is 0 Å². The molecule has 6 heteroatoms. The summed E-state index contributed by atoms with van der Waals surface area (Å²) in [5.41, 5.74) is 1.38. The predicted octanol–water partition coefficient (Wildman–Crippen LogP) is 4.05. The number of amides is 1. The molecule has 3 rings (SSSR count). The van der Waals surface area contributed by atoms with Gasteiger partial charge in [-0.05, 0) is 34.5 Å². The predicted molar refractivity (Wildman–Crippen MR) is 113 cm³/mol. The van der Waals surface area contributed by atoms with Crippen LogP contribution in [0.25, 0.3) is 10.8 Å². The second-order valence-corrected chi connectivity index (χ2v) is 8.46. The molecule has 0 saturated carbocycles.